The molecule has 5 aliphatic rings. The van der Waals surface area contributed by atoms with Crippen LogP contribution in [0, 0.1) is 0 Å². The molecule has 5 heterocycles. The van der Waals surface area contributed by atoms with Gasteiger partial charge in [-0.2, -0.15) is 0 Å². The Labute approximate surface area is 423 Å². The molecular formula is C46H84O26. The van der Waals surface area contributed by atoms with Crippen molar-refractivity contribution in [1.82, 2.24) is 0 Å². The third kappa shape index (κ3) is 13.8. The average molecular weight is 1050 g/mol. The van der Waals surface area contributed by atoms with Crippen LogP contribution in [-0.4, -0.2) is 305 Å². The van der Waals surface area contributed by atoms with E-state index in [0.717, 1.165) is 0 Å². The second-order valence-electron chi connectivity index (χ2n) is 17.6. The van der Waals surface area contributed by atoms with Crippen LogP contribution in [0.25, 0.3) is 0 Å². The molecule has 424 valence electrons. The molecule has 1 N–H and O–H groups in total. The number of aliphatic hydroxyl groups is 1. The first-order valence-corrected chi connectivity index (χ1v) is 23.8. The van der Waals surface area contributed by atoms with E-state index in [1.165, 1.54) is 92.4 Å². The molecule has 5 aliphatic heterocycles. The first-order valence-electron chi connectivity index (χ1n) is 23.8. The lowest BCUT2D eigenvalue weighted by Gasteiger charge is -2.52. The highest BCUT2D eigenvalue weighted by molar-refractivity contribution is 5.01. The molecule has 0 bridgehead atoms. The van der Waals surface area contributed by atoms with Crippen LogP contribution in [0.4, 0.5) is 0 Å². The number of rotatable bonds is 29. The molecule has 0 aromatic heterocycles. The number of hydrogen-bond donors (Lipinski definition) is 1. The number of hydrogen-bond acceptors (Lipinski definition) is 26. The first-order chi connectivity index (χ1) is 34.9. The second-order valence-corrected chi connectivity index (χ2v) is 17.6. The average Bonchev–Trinajstić information content (AvgIpc) is 3.37. The van der Waals surface area contributed by atoms with Gasteiger partial charge in [-0.3, -0.25) is 0 Å². The van der Waals surface area contributed by atoms with Crippen molar-refractivity contribution < 1.29 is 124 Å². The minimum atomic E-state index is -1.41. The lowest BCUT2D eigenvalue weighted by atomic mass is 9.94. The van der Waals surface area contributed by atoms with E-state index < -0.39 is 154 Å². The van der Waals surface area contributed by atoms with Crippen molar-refractivity contribution >= 4 is 0 Å². The van der Waals surface area contributed by atoms with Crippen molar-refractivity contribution in [3.63, 3.8) is 0 Å². The molecule has 0 aromatic carbocycles. The Balaban J connectivity index is 1.52. The fourth-order valence-electron chi connectivity index (χ4n) is 10.5. The van der Waals surface area contributed by atoms with Crippen LogP contribution < -0.4 is 0 Å². The maximum atomic E-state index is 11.1. The Morgan fingerprint density at radius 2 is 0.431 bits per heavy atom. The van der Waals surface area contributed by atoms with E-state index in [9.17, 15) is 5.11 Å². The van der Waals surface area contributed by atoms with E-state index in [0.29, 0.717) is 0 Å². The normalized spacial score (nSPS) is 44.0. The third-order valence-electron chi connectivity index (χ3n) is 13.8. The van der Waals surface area contributed by atoms with Gasteiger partial charge in [-0.05, 0) is 0 Å². The molecule has 0 radical (unpaired) electrons. The van der Waals surface area contributed by atoms with Gasteiger partial charge in [0.2, 0.25) is 0 Å². The zero-order chi connectivity index (χ0) is 52.6. The predicted octanol–water partition coefficient (Wildman–Crippen LogP) is -1.46. The van der Waals surface area contributed by atoms with Gasteiger partial charge in [-0.1, -0.05) is 0 Å². The highest BCUT2D eigenvalue weighted by atomic mass is 16.8. The van der Waals surface area contributed by atoms with Crippen LogP contribution in [0.3, 0.4) is 0 Å². The van der Waals surface area contributed by atoms with Crippen molar-refractivity contribution in [2.24, 2.45) is 0 Å². The van der Waals surface area contributed by atoms with Crippen LogP contribution in [0.1, 0.15) is 0 Å². The number of methoxy groups -OCH3 is 16. The molecule has 72 heavy (non-hydrogen) atoms. The summed E-state index contributed by atoms with van der Waals surface area (Å²) in [6, 6.07) is 0. The van der Waals surface area contributed by atoms with Gasteiger partial charge in [0.05, 0.1) is 33.0 Å². The molecule has 5 rings (SSSR count). The van der Waals surface area contributed by atoms with Crippen molar-refractivity contribution in [2.45, 2.75) is 154 Å². The summed E-state index contributed by atoms with van der Waals surface area (Å²) in [5.41, 5.74) is 0. The van der Waals surface area contributed by atoms with Crippen LogP contribution >= 0.6 is 0 Å². The summed E-state index contributed by atoms with van der Waals surface area (Å²) in [5.74, 6) is 0. The van der Waals surface area contributed by atoms with Gasteiger partial charge in [-0.25, -0.2) is 0 Å². The molecule has 5 fully saturated rings. The lowest BCUT2D eigenvalue weighted by Crippen LogP contribution is -2.69. The Morgan fingerprint density at radius 3 is 0.653 bits per heavy atom. The highest BCUT2D eigenvalue weighted by Crippen LogP contribution is 2.40. The summed E-state index contributed by atoms with van der Waals surface area (Å²) in [7, 11) is 24.2. The smallest absolute Gasteiger partial charge is 0.187 e. The zero-order valence-corrected chi connectivity index (χ0v) is 44.6. The summed E-state index contributed by atoms with van der Waals surface area (Å²) in [4.78, 5) is 0. The van der Waals surface area contributed by atoms with Crippen molar-refractivity contribution in [3.8, 4) is 0 Å². The minimum Gasteiger partial charge on any atom is -0.382 e. The maximum Gasteiger partial charge on any atom is 0.187 e. The largest absolute Gasteiger partial charge is 0.382 e. The molecular weight excluding hydrogens is 968 g/mol. The van der Waals surface area contributed by atoms with Gasteiger partial charge in [0, 0.05) is 114 Å². The van der Waals surface area contributed by atoms with Gasteiger partial charge in [0.15, 0.2) is 31.5 Å². The van der Waals surface area contributed by atoms with Crippen LogP contribution in [0.15, 0.2) is 0 Å². The Kier molecular flexibility index (Phi) is 26.4. The standard InChI is InChI=1S/C46H84O26/c1-48-17-22-28(54-7)33(37(59-12)42(47)64-22)69-44-39(61-14)35(30(56-9)24(66-44)19-50-3)71-46-41(63-16)36(31(57-10)26(68-46)21-52-5)72-45-40(62-15)34(29(55-8)25(67-45)20-51-4)70-43-38(60-13)32(58-11)27(53-6)23(65-43)18-49-2/h22-47H,17-21H2,1-16H3/t22-,23-,24-,25-,26-,27-,28-,29-,30-,31-,32+,33+,34+,35+,36+,37-,38-,39-,40-,41-,42-,43+,44+,45+,46+/m1/s1. The fraction of sp³-hybridized carbons (Fsp3) is 1.00. The van der Waals surface area contributed by atoms with Crippen molar-refractivity contribution in [3.05, 3.63) is 0 Å². The Hall–Kier alpha value is -1.04. The monoisotopic (exact) mass is 1050 g/mol. The molecule has 0 amide bonds. The SMILES string of the molecule is COC[C@H]1O[C@@H](O)[C@H](OC)[C@@H](O[C@@H]2O[C@H](COC)[C@@H](OC)[C@H](O[C@@H]3O[C@H](COC)[C@@H](OC)[C@H](O[C@@H]4O[C@H](COC)[C@@H](OC)[C@H](O[C@@H]5O[C@H](COC)[C@@H](OC)[C@H](OC)[C@H]5OC)[C@H]4OC)[C@H]3OC)[C@H]2OC)[C@@H]1OC. The van der Waals surface area contributed by atoms with Crippen LogP contribution in [-0.2, 0) is 118 Å². The van der Waals surface area contributed by atoms with E-state index in [1.54, 1.807) is 21.3 Å². The molecule has 5 saturated heterocycles. The van der Waals surface area contributed by atoms with Gasteiger partial charge < -0.3 is 124 Å². The predicted molar refractivity (Wildman–Crippen MR) is 243 cm³/mol. The quantitative estimate of drug-likeness (QED) is 0.0899. The summed E-state index contributed by atoms with van der Waals surface area (Å²) in [6.45, 7) is 0.365. The summed E-state index contributed by atoms with van der Waals surface area (Å²) in [6.07, 6.45) is -23.4. The molecule has 0 aliphatic carbocycles. The highest BCUT2D eigenvalue weighted by Gasteiger charge is 2.59. The molecule has 25 atom stereocenters. The number of ether oxygens (including phenoxy) is 25. The Morgan fingerprint density at radius 1 is 0.236 bits per heavy atom. The van der Waals surface area contributed by atoms with E-state index in [4.69, 9.17) is 118 Å². The van der Waals surface area contributed by atoms with Gasteiger partial charge in [-0.15, -0.1) is 0 Å². The Bertz CT molecular complexity index is 1480. The molecule has 0 spiro atoms. The first kappa shape index (κ1) is 61.8. The summed E-state index contributed by atoms with van der Waals surface area (Å²) >= 11 is 0. The zero-order valence-electron chi connectivity index (χ0n) is 44.6. The lowest BCUT2D eigenvalue weighted by molar-refractivity contribution is -0.401. The van der Waals surface area contributed by atoms with E-state index in [2.05, 4.69) is 0 Å². The maximum absolute atomic E-state index is 11.1. The molecule has 26 nitrogen and oxygen atoms in total. The molecule has 26 heteroatoms. The fourth-order valence-corrected chi connectivity index (χ4v) is 10.5. The van der Waals surface area contributed by atoms with E-state index >= 15 is 0 Å². The molecule has 0 aromatic rings. The molecule has 0 saturated carbocycles. The van der Waals surface area contributed by atoms with E-state index in [1.807, 2.05) is 0 Å². The van der Waals surface area contributed by atoms with Gasteiger partial charge in [0.1, 0.15) is 122 Å². The minimum absolute atomic E-state index is 0.0274. The second kappa shape index (κ2) is 30.8. The topological polar surface area (TPSA) is 251 Å². The van der Waals surface area contributed by atoms with Crippen LogP contribution in [0.5, 0.6) is 0 Å². The summed E-state index contributed by atoms with van der Waals surface area (Å²) in [5, 5.41) is 11.1. The van der Waals surface area contributed by atoms with Gasteiger partial charge in [0.25, 0.3) is 0 Å². The van der Waals surface area contributed by atoms with Crippen molar-refractivity contribution in [1.29, 1.82) is 0 Å². The third-order valence-corrected chi connectivity index (χ3v) is 13.8. The molecule has 0 unspecified atom stereocenters. The van der Waals surface area contributed by atoms with Gasteiger partial charge >= 0.3 is 0 Å². The van der Waals surface area contributed by atoms with Crippen molar-refractivity contribution in [2.75, 3.05) is 147 Å². The summed E-state index contributed by atoms with van der Waals surface area (Å²) < 4.78 is 154. The van der Waals surface area contributed by atoms with Crippen LogP contribution in [0.2, 0.25) is 0 Å². The van der Waals surface area contributed by atoms with E-state index in [-0.39, 0.29) is 33.0 Å². The number of aliphatic hydroxyl groups excluding tert-OH is 1.